The number of aromatic hydroxyl groups is 2. The van der Waals surface area contributed by atoms with E-state index in [0.29, 0.717) is 18.6 Å². The number of hydrogen-bond donors (Lipinski definition) is 4. The average molecular weight is 668 g/mol. The Bertz CT molecular complexity index is 1810. The Morgan fingerprint density at radius 3 is 2.57 bits per heavy atom. The zero-order valence-corrected chi connectivity index (χ0v) is 28.1. The van der Waals surface area contributed by atoms with E-state index < -0.39 is 12.1 Å². The number of para-hydroxylation sites is 1. The first kappa shape index (κ1) is 34.1. The van der Waals surface area contributed by atoms with Crippen LogP contribution in [0.25, 0.3) is 16.5 Å². The number of benzene rings is 3. The van der Waals surface area contributed by atoms with E-state index >= 15 is 0 Å². The van der Waals surface area contributed by atoms with Crippen LogP contribution in [0, 0.1) is 11.8 Å². The lowest BCUT2D eigenvalue weighted by molar-refractivity contribution is -0.147. The molecule has 1 aromatic heterocycles. The Balaban J connectivity index is 1.29. The van der Waals surface area contributed by atoms with Gasteiger partial charge in [0.05, 0.1) is 13.7 Å². The van der Waals surface area contributed by atoms with Gasteiger partial charge in [-0.2, -0.15) is 0 Å². The van der Waals surface area contributed by atoms with Crippen LogP contribution in [0.15, 0.2) is 66.7 Å². The van der Waals surface area contributed by atoms with Crippen molar-refractivity contribution in [2.24, 2.45) is 11.8 Å². The Morgan fingerprint density at radius 1 is 0.980 bits per heavy atom. The number of aliphatic hydroxyl groups is 1. The first-order chi connectivity index (χ1) is 23.7. The summed E-state index contributed by atoms with van der Waals surface area (Å²) in [5, 5.41) is 31.3. The van der Waals surface area contributed by atoms with Crippen molar-refractivity contribution in [1.29, 1.82) is 0 Å². The van der Waals surface area contributed by atoms with Gasteiger partial charge in [-0.15, -0.1) is 0 Å². The van der Waals surface area contributed by atoms with Crippen molar-refractivity contribution >= 4 is 28.2 Å². The third kappa shape index (κ3) is 7.78. The highest BCUT2D eigenvalue weighted by atomic mass is 16.5. The summed E-state index contributed by atoms with van der Waals surface area (Å²) in [5.74, 6) is 0.553. The summed E-state index contributed by atoms with van der Waals surface area (Å²) < 4.78 is 16.7. The molecule has 0 amide bonds. The zero-order chi connectivity index (χ0) is 34.5. The summed E-state index contributed by atoms with van der Waals surface area (Å²) >= 11 is 0. The number of phenols is 2. The molecule has 0 bridgehead atoms. The maximum absolute atomic E-state index is 14.0. The molecule has 49 heavy (non-hydrogen) atoms. The number of aromatic amines is 1. The molecular weight excluding hydrogens is 622 g/mol. The summed E-state index contributed by atoms with van der Waals surface area (Å²) in [6.45, 7) is 1.22. The maximum Gasteiger partial charge on any atom is 0.302 e. The van der Waals surface area contributed by atoms with Crippen LogP contribution in [0.5, 0.6) is 23.0 Å². The van der Waals surface area contributed by atoms with Gasteiger partial charge in [0, 0.05) is 41.9 Å². The number of nitrogens with one attached hydrogen (secondary N) is 1. The number of carbonyl (C=O) groups excluding carboxylic acids is 2. The fourth-order valence-electron chi connectivity index (χ4n) is 7.76. The standard InChI is InChI=1S/C40H45NO8/c1-24(43)49-29(13-11-25-12-14-37(45)40(17-25)48-16-15-42)20-28(44)21-31-30-9-5-3-7-26(30)18-34(32-22-38(46)39(47-2)23-33(31)32)36-19-27-8-4-6-10-35(27)41-36/h4,6,8,10,12,14,17-19,22-23,26,29-31,41-42,45-46H,3,5,7,9,11,13,15-16,20-21H2,1-2H3/t26-,29-,30+,31-/m1/s1. The molecule has 6 rings (SSSR count). The maximum atomic E-state index is 14.0. The molecule has 258 valence electrons. The van der Waals surface area contributed by atoms with Crippen LogP contribution in [-0.4, -0.2) is 58.5 Å². The molecular formula is C40H45NO8. The number of carbonyl (C=O) groups is 2. The number of methoxy groups -OCH3 is 1. The molecule has 1 saturated carbocycles. The van der Waals surface area contributed by atoms with Gasteiger partial charge >= 0.3 is 5.97 Å². The third-order valence-corrected chi connectivity index (χ3v) is 10.00. The fourth-order valence-corrected chi connectivity index (χ4v) is 7.76. The molecule has 0 saturated heterocycles. The van der Waals surface area contributed by atoms with Gasteiger partial charge in [0.15, 0.2) is 23.0 Å². The minimum Gasteiger partial charge on any atom is -0.504 e. The highest BCUT2D eigenvalue weighted by Gasteiger charge is 2.38. The number of ether oxygens (including phenoxy) is 3. The number of hydrogen-bond acceptors (Lipinski definition) is 8. The largest absolute Gasteiger partial charge is 0.504 e. The van der Waals surface area contributed by atoms with Crippen LogP contribution >= 0.6 is 0 Å². The molecule has 0 radical (unpaired) electrons. The predicted molar refractivity (Wildman–Crippen MR) is 187 cm³/mol. The number of aromatic nitrogens is 1. The van der Waals surface area contributed by atoms with E-state index in [0.717, 1.165) is 64.5 Å². The lowest BCUT2D eigenvalue weighted by Crippen LogP contribution is -2.27. The number of esters is 1. The van der Waals surface area contributed by atoms with Gasteiger partial charge in [-0.3, -0.25) is 9.59 Å². The van der Waals surface area contributed by atoms with Crippen LogP contribution in [0.2, 0.25) is 0 Å². The molecule has 4 N–H and O–H groups in total. The number of aryl methyl sites for hydroxylation is 1. The second-order valence-electron chi connectivity index (χ2n) is 13.3. The quantitative estimate of drug-likeness (QED) is 0.110. The van der Waals surface area contributed by atoms with Crippen LogP contribution in [-0.2, 0) is 20.7 Å². The lowest BCUT2D eigenvalue weighted by Gasteiger charge is -2.35. The number of allylic oxidation sites excluding steroid dienone is 1. The SMILES string of the molecule is COc1cc2c(cc1O)C(c1cc3ccccc3[nH]1)=C[C@H]1CCCC[C@@H]1[C@H]2CC(=O)C[C@@H](CCc1ccc(O)c(OCCO)c1)OC(C)=O. The summed E-state index contributed by atoms with van der Waals surface area (Å²) in [5.41, 5.74) is 5.74. The van der Waals surface area contributed by atoms with E-state index in [4.69, 9.17) is 19.3 Å². The number of phenolic OH excluding ortho intramolecular Hbond substituents is 2. The summed E-state index contributed by atoms with van der Waals surface area (Å²) in [7, 11) is 1.54. The van der Waals surface area contributed by atoms with Gasteiger partial charge < -0.3 is 34.5 Å². The molecule has 1 fully saturated rings. The molecule has 2 aliphatic carbocycles. The van der Waals surface area contributed by atoms with E-state index in [-0.39, 0.29) is 66.8 Å². The number of Topliss-reactive ketones (excluding diaryl/α,β-unsaturated/α-hetero) is 1. The summed E-state index contributed by atoms with van der Waals surface area (Å²) in [4.78, 5) is 29.8. The van der Waals surface area contributed by atoms with Crippen molar-refractivity contribution in [3.8, 4) is 23.0 Å². The van der Waals surface area contributed by atoms with Gasteiger partial charge in [-0.05, 0) is 96.5 Å². The minimum absolute atomic E-state index is 0.00491. The smallest absolute Gasteiger partial charge is 0.302 e. The van der Waals surface area contributed by atoms with Crippen molar-refractivity contribution in [3.05, 3.63) is 89.1 Å². The van der Waals surface area contributed by atoms with Crippen LogP contribution < -0.4 is 9.47 Å². The van der Waals surface area contributed by atoms with Gasteiger partial charge in [0.25, 0.3) is 0 Å². The Morgan fingerprint density at radius 2 is 1.80 bits per heavy atom. The zero-order valence-electron chi connectivity index (χ0n) is 28.1. The Labute approximate surface area is 286 Å². The van der Waals surface area contributed by atoms with Crippen molar-refractivity contribution in [2.75, 3.05) is 20.3 Å². The molecule has 9 nitrogen and oxygen atoms in total. The highest BCUT2D eigenvalue weighted by molar-refractivity contribution is 5.90. The number of rotatable bonds is 13. The molecule has 0 aliphatic heterocycles. The molecule has 4 aromatic rings. The van der Waals surface area contributed by atoms with Gasteiger partial charge in [-0.25, -0.2) is 0 Å². The van der Waals surface area contributed by atoms with Gasteiger partial charge in [0.2, 0.25) is 0 Å². The van der Waals surface area contributed by atoms with Gasteiger partial charge in [-0.1, -0.05) is 43.2 Å². The van der Waals surface area contributed by atoms with E-state index in [2.05, 4.69) is 29.3 Å². The molecule has 4 atom stereocenters. The number of fused-ring (bicyclic) bond motifs is 3. The third-order valence-electron chi connectivity index (χ3n) is 10.00. The number of aliphatic hydroxyl groups excluding tert-OH is 1. The number of H-pyrrole nitrogens is 1. The van der Waals surface area contributed by atoms with Crippen LogP contribution in [0.1, 0.15) is 80.2 Å². The molecule has 1 heterocycles. The summed E-state index contributed by atoms with van der Waals surface area (Å²) in [6, 6.07) is 19.0. The molecule has 2 aliphatic rings. The van der Waals surface area contributed by atoms with E-state index in [1.807, 2.05) is 18.2 Å². The second-order valence-corrected chi connectivity index (χ2v) is 13.3. The summed E-state index contributed by atoms with van der Waals surface area (Å²) in [6.07, 6.45) is 7.17. The average Bonchev–Trinajstić information content (AvgIpc) is 3.47. The van der Waals surface area contributed by atoms with E-state index in [1.54, 1.807) is 18.2 Å². The number of ketones is 1. The van der Waals surface area contributed by atoms with Crippen molar-refractivity contribution < 1.29 is 39.1 Å². The fraction of sp³-hybridized carbons (Fsp3) is 0.400. The first-order valence-electron chi connectivity index (χ1n) is 17.2. The van der Waals surface area contributed by atoms with Crippen molar-refractivity contribution in [2.45, 2.75) is 70.3 Å². The van der Waals surface area contributed by atoms with Crippen LogP contribution in [0.4, 0.5) is 0 Å². The predicted octanol–water partition coefficient (Wildman–Crippen LogP) is 7.21. The molecule has 0 spiro atoms. The minimum atomic E-state index is -0.623. The normalized spacial score (nSPS) is 19.2. The van der Waals surface area contributed by atoms with E-state index in [1.165, 1.54) is 20.1 Å². The van der Waals surface area contributed by atoms with E-state index in [9.17, 15) is 19.8 Å². The monoisotopic (exact) mass is 667 g/mol. The van der Waals surface area contributed by atoms with Crippen molar-refractivity contribution in [3.63, 3.8) is 0 Å². The lowest BCUT2D eigenvalue weighted by atomic mass is 9.69. The molecule has 9 heteroatoms. The Hall–Kier alpha value is -4.76. The van der Waals surface area contributed by atoms with Crippen LogP contribution in [0.3, 0.4) is 0 Å². The highest BCUT2D eigenvalue weighted by Crippen LogP contribution is 2.51. The molecule has 0 unspecified atom stereocenters. The van der Waals surface area contributed by atoms with Crippen molar-refractivity contribution in [1.82, 2.24) is 4.98 Å². The van der Waals surface area contributed by atoms with Gasteiger partial charge in [0.1, 0.15) is 18.5 Å². The first-order valence-corrected chi connectivity index (χ1v) is 17.2. The molecule has 3 aromatic carbocycles. The topological polar surface area (TPSA) is 138 Å². The Kier molecular flexibility index (Phi) is 10.6. The second kappa shape index (κ2) is 15.2.